The molecule has 0 aliphatic rings. The molecule has 0 aromatic rings. The van der Waals surface area contributed by atoms with Crippen LogP contribution in [0.2, 0.25) is 0 Å². The van der Waals surface area contributed by atoms with Crippen LogP contribution in [0.25, 0.3) is 0 Å². The van der Waals surface area contributed by atoms with Crippen LogP contribution in [-0.4, -0.2) is 37.2 Å². The molecular weight excluding hydrogens is 949 g/mol. The lowest BCUT2D eigenvalue weighted by atomic mass is 10.0. The number of carbonyl (C=O) groups excluding carboxylic acids is 3. The van der Waals surface area contributed by atoms with E-state index in [1.54, 1.807) is 0 Å². The Bertz CT molecular complexity index is 1330. The highest BCUT2D eigenvalue weighted by atomic mass is 16.6. The Balaban J connectivity index is 4.13. The first-order valence-electron chi connectivity index (χ1n) is 34.1. The van der Waals surface area contributed by atoms with Crippen molar-refractivity contribution in [1.29, 1.82) is 0 Å². The van der Waals surface area contributed by atoms with Gasteiger partial charge in [0.05, 0.1) is 0 Å². The van der Waals surface area contributed by atoms with Crippen LogP contribution < -0.4 is 0 Å². The first-order chi connectivity index (χ1) is 38.0. The molecular formula is C71H130O6. The molecule has 0 heterocycles. The summed E-state index contributed by atoms with van der Waals surface area (Å²) < 4.78 is 16.9. The molecule has 0 saturated heterocycles. The summed E-state index contributed by atoms with van der Waals surface area (Å²) in [5.74, 6) is -0.864. The van der Waals surface area contributed by atoms with E-state index in [0.29, 0.717) is 19.3 Å². The minimum atomic E-state index is -0.777. The van der Waals surface area contributed by atoms with Crippen molar-refractivity contribution in [1.82, 2.24) is 0 Å². The quantitative estimate of drug-likeness (QED) is 0.0261. The largest absolute Gasteiger partial charge is 0.462 e. The summed E-state index contributed by atoms with van der Waals surface area (Å²) in [4.78, 5) is 38.3. The zero-order valence-corrected chi connectivity index (χ0v) is 51.7. The fraction of sp³-hybridized carbons (Fsp3) is 0.845. The number of hydrogen-bond acceptors (Lipinski definition) is 6. The molecule has 0 rings (SSSR count). The van der Waals surface area contributed by atoms with Crippen LogP contribution in [0, 0.1) is 0 Å². The average molecular weight is 1080 g/mol. The van der Waals surface area contributed by atoms with Gasteiger partial charge in [-0.3, -0.25) is 14.4 Å². The van der Waals surface area contributed by atoms with Gasteiger partial charge >= 0.3 is 17.9 Å². The third-order valence-corrected chi connectivity index (χ3v) is 15.3. The minimum absolute atomic E-state index is 0.0737. The molecule has 6 heteroatoms. The van der Waals surface area contributed by atoms with Crippen molar-refractivity contribution in [3.63, 3.8) is 0 Å². The van der Waals surface area contributed by atoms with Gasteiger partial charge in [0.1, 0.15) is 13.2 Å². The summed E-state index contributed by atoms with van der Waals surface area (Å²) in [5, 5.41) is 0. The second kappa shape index (κ2) is 65.9. The fourth-order valence-corrected chi connectivity index (χ4v) is 10.1. The van der Waals surface area contributed by atoms with Crippen molar-refractivity contribution in [2.75, 3.05) is 13.2 Å². The smallest absolute Gasteiger partial charge is 0.306 e. The standard InChI is InChI=1S/C71H130O6/c1-4-7-10-13-16-19-22-25-28-29-30-31-32-33-34-35-36-37-38-39-40-41-42-43-44-47-49-52-55-58-61-64-70(73)76-67-68(77-71(74)65-62-59-56-53-50-46-27-24-21-18-15-12-9-6-3)66-75-69(72)63-60-57-54-51-48-45-26-23-20-17-14-11-8-5-2/h15,18,22,24-25,27,29-30,68H,4-14,16-17,19-21,23,26,28,31-67H2,1-3H3/b18-15-,25-22-,27-24-,30-29-. The van der Waals surface area contributed by atoms with Crippen LogP contribution in [-0.2, 0) is 28.6 Å². The maximum atomic E-state index is 12.9. The molecule has 0 aromatic heterocycles. The van der Waals surface area contributed by atoms with Crippen molar-refractivity contribution in [2.24, 2.45) is 0 Å². The Morgan fingerprint density at radius 1 is 0.260 bits per heavy atom. The van der Waals surface area contributed by atoms with E-state index in [-0.39, 0.29) is 31.1 Å². The zero-order valence-electron chi connectivity index (χ0n) is 51.7. The van der Waals surface area contributed by atoms with Crippen LogP contribution in [0.15, 0.2) is 48.6 Å². The van der Waals surface area contributed by atoms with Crippen LogP contribution >= 0.6 is 0 Å². The number of rotatable bonds is 63. The van der Waals surface area contributed by atoms with E-state index < -0.39 is 6.10 Å². The normalized spacial score (nSPS) is 12.3. The van der Waals surface area contributed by atoms with Crippen LogP contribution in [0.5, 0.6) is 0 Å². The number of hydrogen-bond donors (Lipinski definition) is 0. The van der Waals surface area contributed by atoms with E-state index in [0.717, 1.165) is 89.9 Å². The topological polar surface area (TPSA) is 78.9 Å². The van der Waals surface area contributed by atoms with Gasteiger partial charge in [0, 0.05) is 19.3 Å². The summed E-state index contributed by atoms with van der Waals surface area (Å²) in [6, 6.07) is 0. The molecule has 0 aliphatic carbocycles. The molecule has 0 aromatic carbocycles. The molecule has 0 aliphatic heterocycles. The molecule has 0 spiro atoms. The lowest BCUT2D eigenvalue weighted by molar-refractivity contribution is -0.167. The predicted octanol–water partition coefficient (Wildman–Crippen LogP) is 23.3. The van der Waals surface area contributed by atoms with Gasteiger partial charge < -0.3 is 14.2 Å². The SMILES string of the molecule is CCCC/C=C\C/C=C\CCCCCCCC(=O)OC(COC(=O)CCCCCCCCCCCCCCCC)COC(=O)CCCCCCCCCCCCCCCCCCCCC/C=C\C/C=C\CCCCCCC. The summed E-state index contributed by atoms with van der Waals surface area (Å²) in [6.45, 7) is 6.63. The maximum Gasteiger partial charge on any atom is 0.306 e. The minimum Gasteiger partial charge on any atom is -0.462 e. The van der Waals surface area contributed by atoms with E-state index in [1.165, 1.54) is 238 Å². The molecule has 0 amide bonds. The van der Waals surface area contributed by atoms with Gasteiger partial charge in [0.2, 0.25) is 0 Å². The second-order valence-electron chi connectivity index (χ2n) is 23.1. The lowest BCUT2D eigenvalue weighted by Gasteiger charge is -2.18. The molecule has 0 saturated carbocycles. The van der Waals surface area contributed by atoms with Crippen LogP contribution in [0.4, 0.5) is 0 Å². The van der Waals surface area contributed by atoms with Gasteiger partial charge in [0.25, 0.3) is 0 Å². The summed E-state index contributed by atoms with van der Waals surface area (Å²) in [5.41, 5.74) is 0. The number of esters is 3. The molecule has 1 unspecified atom stereocenters. The summed E-state index contributed by atoms with van der Waals surface area (Å²) in [7, 11) is 0. The van der Waals surface area contributed by atoms with Crippen LogP contribution in [0.1, 0.15) is 367 Å². The fourth-order valence-electron chi connectivity index (χ4n) is 10.1. The third kappa shape index (κ3) is 64.1. The van der Waals surface area contributed by atoms with Gasteiger partial charge in [0.15, 0.2) is 6.10 Å². The molecule has 0 fully saturated rings. The Kier molecular flexibility index (Phi) is 63.6. The molecule has 450 valence electrons. The Morgan fingerprint density at radius 3 is 0.753 bits per heavy atom. The Labute approximate surface area is 479 Å². The first kappa shape index (κ1) is 74.4. The molecule has 0 radical (unpaired) electrons. The summed E-state index contributed by atoms with van der Waals surface area (Å²) in [6.07, 6.45) is 82.8. The van der Waals surface area contributed by atoms with Gasteiger partial charge in [-0.2, -0.15) is 0 Å². The number of carbonyl (C=O) groups is 3. The maximum absolute atomic E-state index is 12.9. The highest BCUT2D eigenvalue weighted by Crippen LogP contribution is 2.18. The van der Waals surface area contributed by atoms with Gasteiger partial charge in [-0.05, 0) is 77.0 Å². The third-order valence-electron chi connectivity index (χ3n) is 15.3. The molecule has 77 heavy (non-hydrogen) atoms. The first-order valence-corrected chi connectivity index (χ1v) is 34.1. The van der Waals surface area contributed by atoms with E-state index >= 15 is 0 Å². The van der Waals surface area contributed by atoms with Crippen molar-refractivity contribution in [2.45, 2.75) is 374 Å². The lowest BCUT2D eigenvalue weighted by Crippen LogP contribution is -2.30. The van der Waals surface area contributed by atoms with Crippen LogP contribution in [0.3, 0.4) is 0 Å². The Hall–Kier alpha value is -2.63. The van der Waals surface area contributed by atoms with E-state index in [2.05, 4.69) is 69.4 Å². The Morgan fingerprint density at radius 2 is 0.481 bits per heavy atom. The van der Waals surface area contributed by atoms with E-state index in [4.69, 9.17) is 14.2 Å². The van der Waals surface area contributed by atoms with E-state index in [1.807, 2.05) is 0 Å². The predicted molar refractivity (Wildman–Crippen MR) is 335 cm³/mol. The average Bonchev–Trinajstić information content (AvgIpc) is 3.43. The van der Waals surface area contributed by atoms with Gasteiger partial charge in [-0.15, -0.1) is 0 Å². The van der Waals surface area contributed by atoms with Crippen molar-refractivity contribution >= 4 is 17.9 Å². The molecule has 0 bridgehead atoms. The van der Waals surface area contributed by atoms with Gasteiger partial charge in [-0.25, -0.2) is 0 Å². The number of ether oxygens (including phenoxy) is 3. The molecule has 1 atom stereocenters. The second-order valence-corrected chi connectivity index (χ2v) is 23.1. The van der Waals surface area contributed by atoms with E-state index in [9.17, 15) is 14.4 Å². The van der Waals surface area contributed by atoms with Crippen molar-refractivity contribution in [3.05, 3.63) is 48.6 Å². The number of unbranched alkanes of at least 4 members (excludes halogenated alkanes) is 44. The molecule has 6 nitrogen and oxygen atoms in total. The zero-order chi connectivity index (χ0) is 55.7. The monoisotopic (exact) mass is 1080 g/mol. The summed E-state index contributed by atoms with van der Waals surface area (Å²) >= 11 is 0. The van der Waals surface area contributed by atoms with Crippen molar-refractivity contribution in [3.8, 4) is 0 Å². The number of allylic oxidation sites excluding steroid dienone is 8. The molecule has 0 N–H and O–H groups in total. The van der Waals surface area contributed by atoms with Gasteiger partial charge in [-0.1, -0.05) is 320 Å². The van der Waals surface area contributed by atoms with Crippen molar-refractivity contribution < 1.29 is 28.6 Å². The highest BCUT2D eigenvalue weighted by Gasteiger charge is 2.19. The highest BCUT2D eigenvalue weighted by molar-refractivity contribution is 5.71.